The number of hydrogen-bond donors (Lipinski definition) is 0. The first-order chi connectivity index (χ1) is 8.57. The Morgan fingerprint density at radius 2 is 2.06 bits per heavy atom. The second kappa shape index (κ2) is 5.06. The molecule has 0 unspecified atom stereocenters. The molecule has 2 rings (SSSR count). The van der Waals surface area contributed by atoms with Crippen molar-refractivity contribution in [3.63, 3.8) is 0 Å². The van der Waals surface area contributed by atoms with Crippen LogP contribution in [-0.4, -0.2) is 49.4 Å². The normalized spacial score (nSPS) is 17.3. The van der Waals surface area contributed by atoms with Crippen molar-refractivity contribution in [3.8, 4) is 0 Å². The molecule has 0 radical (unpaired) electrons. The molecule has 1 aliphatic rings. The number of pyridine rings is 1. The van der Waals surface area contributed by atoms with Gasteiger partial charge in [-0.25, -0.2) is 4.98 Å². The fraction of sp³-hybridized carbons (Fsp3) is 0.571. The quantitative estimate of drug-likeness (QED) is 0.744. The lowest BCUT2D eigenvalue weighted by atomic mass is 9.75. The Morgan fingerprint density at radius 3 is 2.44 bits per heavy atom. The van der Waals surface area contributed by atoms with E-state index >= 15 is 0 Å². The van der Waals surface area contributed by atoms with Gasteiger partial charge in [-0.15, -0.1) is 0 Å². The number of nitrogens with zero attached hydrogens (tertiary/aromatic N) is 3. The first kappa shape index (κ1) is 13.0. The standard InChI is InChI=1S/C14H21N3O/c1-16(2)14(7-4-8-14)11-17(3)13-6-5-12(10-18)9-15-13/h5-6,9-10H,4,7-8,11H2,1-3H3. The molecule has 0 atom stereocenters. The summed E-state index contributed by atoms with van der Waals surface area (Å²) in [6, 6.07) is 3.72. The van der Waals surface area contributed by atoms with Crippen LogP contribution >= 0.6 is 0 Å². The van der Waals surface area contributed by atoms with E-state index in [0.717, 1.165) is 18.6 Å². The molecule has 1 aliphatic carbocycles. The van der Waals surface area contributed by atoms with Gasteiger partial charge in [-0.1, -0.05) is 0 Å². The average molecular weight is 247 g/mol. The van der Waals surface area contributed by atoms with Gasteiger partial charge >= 0.3 is 0 Å². The Bertz CT molecular complexity index is 410. The minimum absolute atomic E-state index is 0.291. The van der Waals surface area contributed by atoms with E-state index in [2.05, 4.69) is 35.9 Å². The van der Waals surface area contributed by atoms with Gasteiger partial charge in [0, 0.05) is 30.9 Å². The van der Waals surface area contributed by atoms with Crippen LogP contribution in [0.3, 0.4) is 0 Å². The Hall–Kier alpha value is -1.42. The third kappa shape index (κ3) is 2.38. The van der Waals surface area contributed by atoms with Gasteiger partial charge in [-0.05, 0) is 45.5 Å². The summed E-state index contributed by atoms with van der Waals surface area (Å²) < 4.78 is 0. The molecule has 0 saturated heterocycles. The molecule has 0 bridgehead atoms. The molecule has 0 aliphatic heterocycles. The second-order valence-electron chi connectivity index (χ2n) is 5.40. The number of carbonyl (C=O) groups is 1. The molecule has 1 heterocycles. The molecule has 0 aromatic carbocycles. The van der Waals surface area contributed by atoms with Crippen LogP contribution in [0.15, 0.2) is 18.3 Å². The summed E-state index contributed by atoms with van der Waals surface area (Å²) >= 11 is 0. The Morgan fingerprint density at radius 1 is 1.33 bits per heavy atom. The number of aldehydes is 1. The van der Waals surface area contributed by atoms with Crippen molar-refractivity contribution in [2.24, 2.45) is 0 Å². The van der Waals surface area contributed by atoms with Crippen molar-refractivity contribution in [2.75, 3.05) is 32.6 Å². The van der Waals surface area contributed by atoms with Crippen LogP contribution in [0.5, 0.6) is 0 Å². The number of hydrogen-bond acceptors (Lipinski definition) is 4. The molecule has 1 fully saturated rings. The van der Waals surface area contributed by atoms with Gasteiger partial charge in [0.15, 0.2) is 6.29 Å². The summed E-state index contributed by atoms with van der Waals surface area (Å²) in [7, 11) is 6.36. The predicted octanol–water partition coefficient (Wildman–Crippen LogP) is 1.81. The highest BCUT2D eigenvalue weighted by Gasteiger charge is 2.40. The summed E-state index contributed by atoms with van der Waals surface area (Å²) in [5, 5.41) is 0. The first-order valence-electron chi connectivity index (χ1n) is 6.37. The number of anilines is 1. The Kier molecular flexibility index (Phi) is 3.66. The van der Waals surface area contributed by atoms with Crippen LogP contribution in [-0.2, 0) is 0 Å². The van der Waals surface area contributed by atoms with E-state index in [1.54, 1.807) is 6.20 Å². The van der Waals surface area contributed by atoms with Gasteiger partial charge < -0.3 is 9.80 Å². The third-order valence-corrected chi connectivity index (χ3v) is 4.06. The fourth-order valence-corrected chi connectivity index (χ4v) is 2.55. The number of rotatable bonds is 5. The molecule has 1 aromatic rings. The molecular formula is C14H21N3O. The lowest BCUT2D eigenvalue weighted by molar-refractivity contribution is 0.0682. The topological polar surface area (TPSA) is 36.4 Å². The van der Waals surface area contributed by atoms with Crippen LogP contribution in [0.4, 0.5) is 5.82 Å². The number of carbonyl (C=O) groups excluding carboxylic acids is 1. The van der Waals surface area contributed by atoms with Gasteiger partial charge in [0.25, 0.3) is 0 Å². The predicted molar refractivity (Wildman–Crippen MR) is 73.2 cm³/mol. The molecule has 98 valence electrons. The molecule has 18 heavy (non-hydrogen) atoms. The lowest BCUT2D eigenvalue weighted by Crippen LogP contribution is -2.56. The average Bonchev–Trinajstić information content (AvgIpc) is 2.33. The molecule has 1 saturated carbocycles. The summed E-state index contributed by atoms with van der Waals surface area (Å²) in [5.74, 6) is 0.925. The maximum absolute atomic E-state index is 10.6. The van der Waals surface area contributed by atoms with E-state index < -0.39 is 0 Å². The van der Waals surface area contributed by atoms with Crippen molar-refractivity contribution >= 4 is 12.1 Å². The van der Waals surface area contributed by atoms with E-state index in [-0.39, 0.29) is 0 Å². The van der Waals surface area contributed by atoms with Gasteiger partial charge in [0.1, 0.15) is 5.82 Å². The minimum atomic E-state index is 0.291. The zero-order valence-corrected chi connectivity index (χ0v) is 11.4. The van der Waals surface area contributed by atoms with E-state index in [9.17, 15) is 4.79 Å². The Labute approximate surface area is 109 Å². The molecule has 0 N–H and O–H groups in total. The van der Waals surface area contributed by atoms with Crippen LogP contribution < -0.4 is 4.90 Å². The minimum Gasteiger partial charge on any atom is -0.358 e. The third-order valence-electron chi connectivity index (χ3n) is 4.06. The molecule has 0 spiro atoms. The highest BCUT2D eigenvalue weighted by Crippen LogP contribution is 2.37. The molecule has 1 aromatic heterocycles. The van der Waals surface area contributed by atoms with Gasteiger partial charge in [-0.3, -0.25) is 4.79 Å². The van der Waals surface area contributed by atoms with Crippen LogP contribution in [0, 0.1) is 0 Å². The molecule has 4 heteroatoms. The van der Waals surface area contributed by atoms with E-state index in [1.807, 2.05) is 12.1 Å². The number of likely N-dealkylation sites (N-methyl/N-ethyl adjacent to an activating group) is 2. The smallest absolute Gasteiger partial charge is 0.151 e. The van der Waals surface area contributed by atoms with Crippen LogP contribution in [0.2, 0.25) is 0 Å². The van der Waals surface area contributed by atoms with Crippen molar-refractivity contribution in [1.29, 1.82) is 0 Å². The van der Waals surface area contributed by atoms with Crippen LogP contribution in [0.25, 0.3) is 0 Å². The van der Waals surface area contributed by atoms with E-state index in [0.29, 0.717) is 11.1 Å². The van der Waals surface area contributed by atoms with Gasteiger partial charge in [0.05, 0.1) is 0 Å². The van der Waals surface area contributed by atoms with Crippen LogP contribution in [0.1, 0.15) is 29.6 Å². The second-order valence-corrected chi connectivity index (χ2v) is 5.40. The summed E-state index contributed by atoms with van der Waals surface area (Å²) in [6.07, 6.45) is 6.25. The first-order valence-corrected chi connectivity index (χ1v) is 6.37. The maximum Gasteiger partial charge on any atom is 0.151 e. The van der Waals surface area contributed by atoms with Crippen molar-refractivity contribution in [3.05, 3.63) is 23.9 Å². The van der Waals surface area contributed by atoms with Gasteiger partial charge in [-0.2, -0.15) is 0 Å². The monoisotopic (exact) mass is 247 g/mol. The largest absolute Gasteiger partial charge is 0.358 e. The van der Waals surface area contributed by atoms with E-state index in [4.69, 9.17) is 0 Å². The van der Waals surface area contributed by atoms with Crippen molar-refractivity contribution < 1.29 is 4.79 Å². The number of aromatic nitrogens is 1. The fourth-order valence-electron chi connectivity index (χ4n) is 2.55. The SMILES string of the molecule is CN(CC1(N(C)C)CCC1)c1ccc(C=O)cn1. The zero-order chi connectivity index (χ0) is 13.2. The Balaban J connectivity index is 2.06. The molecule has 0 amide bonds. The highest BCUT2D eigenvalue weighted by atomic mass is 16.1. The zero-order valence-electron chi connectivity index (χ0n) is 11.4. The maximum atomic E-state index is 10.6. The van der Waals surface area contributed by atoms with Crippen molar-refractivity contribution in [1.82, 2.24) is 9.88 Å². The highest BCUT2D eigenvalue weighted by molar-refractivity contribution is 5.74. The lowest BCUT2D eigenvalue weighted by Gasteiger charge is -2.49. The molecule has 4 nitrogen and oxygen atoms in total. The molecular weight excluding hydrogens is 226 g/mol. The van der Waals surface area contributed by atoms with E-state index in [1.165, 1.54) is 19.3 Å². The summed E-state index contributed by atoms with van der Waals surface area (Å²) in [6.45, 7) is 0.980. The summed E-state index contributed by atoms with van der Waals surface area (Å²) in [5.41, 5.74) is 0.915. The summed E-state index contributed by atoms with van der Waals surface area (Å²) in [4.78, 5) is 19.4. The van der Waals surface area contributed by atoms with Gasteiger partial charge in [0.2, 0.25) is 0 Å². The van der Waals surface area contributed by atoms with Crippen molar-refractivity contribution in [2.45, 2.75) is 24.8 Å².